The summed E-state index contributed by atoms with van der Waals surface area (Å²) in [7, 11) is 0. The predicted octanol–water partition coefficient (Wildman–Crippen LogP) is 2.59. The molecule has 0 bridgehead atoms. The van der Waals surface area contributed by atoms with Crippen molar-refractivity contribution < 1.29 is 14.3 Å². The Hall–Kier alpha value is -2.17. The van der Waals surface area contributed by atoms with Crippen LogP contribution >= 0.6 is 0 Å². The van der Waals surface area contributed by atoms with Crippen LogP contribution in [0.1, 0.15) is 13.8 Å². The van der Waals surface area contributed by atoms with Gasteiger partial charge in [0.05, 0.1) is 0 Å². The maximum absolute atomic E-state index is 11.4. The van der Waals surface area contributed by atoms with E-state index in [9.17, 15) is 4.79 Å². The monoisotopic (exact) mass is 234 g/mol. The third kappa shape index (κ3) is 4.92. The van der Waals surface area contributed by atoms with Gasteiger partial charge in [0.15, 0.2) is 0 Å². The van der Waals surface area contributed by atoms with Gasteiger partial charge < -0.3 is 9.47 Å². The molecule has 0 unspecified atom stereocenters. The van der Waals surface area contributed by atoms with E-state index in [1.54, 1.807) is 37.3 Å². The molecule has 5 heteroatoms. The fourth-order valence-corrected chi connectivity index (χ4v) is 1.02. The van der Waals surface area contributed by atoms with Crippen molar-refractivity contribution >= 4 is 12.1 Å². The number of aromatic nitrogens is 1. The van der Waals surface area contributed by atoms with Crippen LogP contribution in [0.25, 0.3) is 0 Å². The van der Waals surface area contributed by atoms with Crippen molar-refractivity contribution in [3.05, 3.63) is 36.5 Å². The van der Waals surface area contributed by atoms with Crippen LogP contribution in [-0.4, -0.2) is 23.6 Å². The van der Waals surface area contributed by atoms with Gasteiger partial charge in [0.2, 0.25) is 11.8 Å². The van der Waals surface area contributed by atoms with Crippen molar-refractivity contribution in [1.29, 1.82) is 0 Å². The molecule has 0 amide bonds. The molecule has 5 nitrogen and oxygen atoms in total. The zero-order valence-corrected chi connectivity index (χ0v) is 9.79. The van der Waals surface area contributed by atoms with E-state index in [0.29, 0.717) is 6.54 Å². The van der Waals surface area contributed by atoms with Gasteiger partial charge in [-0.2, -0.15) is 0 Å². The highest BCUT2D eigenvalue weighted by molar-refractivity contribution is 5.94. The minimum absolute atomic E-state index is 0.189. The fourth-order valence-electron chi connectivity index (χ4n) is 1.02. The molecule has 1 heterocycles. The van der Waals surface area contributed by atoms with Crippen LogP contribution in [0.3, 0.4) is 0 Å². The van der Waals surface area contributed by atoms with Crippen molar-refractivity contribution in [3.63, 3.8) is 0 Å². The molecule has 17 heavy (non-hydrogen) atoms. The molecule has 90 valence electrons. The molecule has 0 aromatic carbocycles. The van der Waals surface area contributed by atoms with Crippen LogP contribution in [-0.2, 0) is 4.74 Å². The van der Waals surface area contributed by atoms with Crippen molar-refractivity contribution in [2.75, 3.05) is 6.54 Å². The Labute approximate surface area is 99.8 Å². The summed E-state index contributed by atoms with van der Waals surface area (Å²) in [6.45, 7) is 4.17. The molecule has 0 fully saturated rings. The number of hydrogen-bond donors (Lipinski definition) is 0. The Bertz CT molecular complexity index is 413. The molecule has 0 aliphatic rings. The predicted molar refractivity (Wildman–Crippen MR) is 64.1 cm³/mol. The number of allylic oxidation sites excluding steroid dienone is 1. The molecule has 0 radical (unpaired) electrons. The molecule has 0 N–H and O–H groups in total. The van der Waals surface area contributed by atoms with Crippen LogP contribution in [0.5, 0.6) is 5.88 Å². The summed E-state index contributed by atoms with van der Waals surface area (Å²) in [5, 5.41) is 0. The first kappa shape index (κ1) is 12.9. The summed E-state index contributed by atoms with van der Waals surface area (Å²) in [4.78, 5) is 19.2. The van der Waals surface area contributed by atoms with Gasteiger partial charge in [-0.15, -0.1) is 0 Å². The Morgan fingerprint density at radius 1 is 1.53 bits per heavy atom. The highest BCUT2D eigenvalue weighted by atomic mass is 16.7. The first-order valence-electron chi connectivity index (χ1n) is 5.24. The second-order valence-corrected chi connectivity index (χ2v) is 2.93. The number of aliphatic imine (C=N–C) groups is 1. The second kappa shape index (κ2) is 7.16. The third-order valence-corrected chi connectivity index (χ3v) is 1.64. The highest BCUT2D eigenvalue weighted by Gasteiger charge is 2.09. The summed E-state index contributed by atoms with van der Waals surface area (Å²) in [6.07, 6.45) is 3.98. The number of carbonyl (C=O) groups excluding carboxylic acids is 1. The summed E-state index contributed by atoms with van der Waals surface area (Å²) < 4.78 is 9.75. The lowest BCUT2D eigenvalue weighted by molar-refractivity contribution is 0.146. The molecule has 0 aliphatic heterocycles. The largest absolute Gasteiger partial charge is 0.522 e. The molecule has 0 saturated carbocycles. The van der Waals surface area contributed by atoms with Crippen molar-refractivity contribution in [1.82, 2.24) is 4.98 Å². The first-order valence-corrected chi connectivity index (χ1v) is 5.24. The normalized spacial score (nSPS) is 11.5. The van der Waals surface area contributed by atoms with Gasteiger partial charge in [0.25, 0.3) is 0 Å². The first-order chi connectivity index (χ1) is 8.26. The lowest BCUT2D eigenvalue weighted by atomic mass is 10.5. The van der Waals surface area contributed by atoms with Gasteiger partial charge in [-0.25, -0.2) is 9.78 Å². The SMILES string of the molecule is C/C=C\C(=NCC)OC(=O)Oc1ccccn1. The van der Waals surface area contributed by atoms with Crippen LogP contribution in [0, 0.1) is 0 Å². The number of rotatable bonds is 3. The van der Waals surface area contributed by atoms with E-state index >= 15 is 0 Å². The Kier molecular flexibility index (Phi) is 5.43. The quantitative estimate of drug-likeness (QED) is 0.458. The number of nitrogens with zero attached hydrogens (tertiary/aromatic N) is 2. The van der Waals surface area contributed by atoms with Gasteiger partial charge in [-0.1, -0.05) is 12.1 Å². The van der Waals surface area contributed by atoms with Gasteiger partial charge in [0, 0.05) is 18.8 Å². The van der Waals surface area contributed by atoms with Gasteiger partial charge >= 0.3 is 6.16 Å². The van der Waals surface area contributed by atoms with E-state index in [0.717, 1.165) is 0 Å². The lowest BCUT2D eigenvalue weighted by Gasteiger charge is -2.03. The Morgan fingerprint density at radius 3 is 2.94 bits per heavy atom. The molecule has 0 saturated heterocycles. The maximum atomic E-state index is 11.4. The van der Waals surface area contributed by atoms with Crippen LogP contribution in [0.2, 0.25) is 0 Å². The van der Waals surface area contributed by atoms with Crippen LogP contribution in [0.4, 0.5) is 4.79 Å². The molecule has 0 spiro atoms. The lowest BCUT2D eigenvalue weighted by Crippen LogP contribution is -2.15. The zero-order valence-electron chi connectivity index (χ0n) is 9.79. The molecule has 1 aromatic rings. The second-order valence-electron chi connectivity index (χ2n) is 2.93. The van der Waals surface area contributed by atoms with E-state index in [4.69, 9.17) is 9.47 Å². The third-order valence-electron chi connectivity index (χ3n) is 1.64. The molecule has 1 aromatic heterocycles. The Balaban J connectivity index is 2.57. The van der Waals surface area contributed by atoms with Gasteiger partial charge in [-0.05, 0) is 26.0 Å². The summed E-state index contributed by atoms with van der Waals surface area (Å²) in [5.74, 6) is 0.407. The molecule has 1 rings (SSSR count). The number of hydrogen-bond acceptors (Lipinski definition) is 5. The fraction of sp³-hybridized carbons (Fsp3) is 0.250. The average molecular weight is 234 g/mol. The van der Waals surface area contributed by atoms with Crippen molar-refractivity contribution in [3.8, 4) is 5.88 Å². The Morgan fingerprint density at radius 2 is 2.35 bits per heavy atom. The number of pyridine rings is 1. The van der Waals surface area contributed by atoms with E-state index in [1.807, 2.05) is 6.92 Å². The van der Waals surface area contributed by atoms with E-state index < -0.39 is 6.16 Å². The topological polar surface area (TPSA) is 60.8 Å². The van der Waals surface area contributed by atoms with E-state index in [1.165, 1.54) is 6.20 Å². The van der Waals surface area contributed by atoms with Crippen molar-refractivity contribution in [2.45, 2.75) is 13.8 Å². The van der Waals surface area contributed by atoms with Gasteiger partial charge in [0.1, 0.15) is 0 Å². The zero-order chi connectivity index (χ0) is 12.5. The van der Waals surface area contributed by atoms with Crippen LogP contribution < -0.4 is 4.74 Å². The van der Waals surface area contributed by atoms with E-state index in [2.05, 4.69) is 9.98 Å². The number of carbonyl (C=O) groups is 1. The molecule has 0 aliphatic carbocycles. The minimum Gasteiger partial charge on any atom is -0.376 e. The smallest absolute Gasteiger partial charge is 0.376 e. The standard InChI is InChI=1S/C12H14N2O3/c1-3-7-10(13-4-2)16-12(15)17-11-8-5-6-9-14-11/h3,5-9H,4H2,1-2H3/b7-3-,13-10?. The summed E-state index contributed by atoms with van der Waals surface area (Å²) in [5.41, 5.74) is 0. The average Bonchev–Trinajstić information content (AvgIpc) is 2.30. The van der Waals surface area contributed by atoms with Crippen molar-refractivity contribution in [2.24, 2.45) is 4.99 Å². The minimum atomic E-state index is -0.853. The summed E-state index contributed by atoms with van der Waals surface area (Å²) in [6, 6.07) is 5.00. The van der Waals surface area contributed by atoms with Gasteiger partial charge in [-0.3, -0.25) is 4.99 Å². The van der Waals surface area contributed by atoms with E-state index in [-0.39, 0.29) is 11.8 Å². The number of ether oxygens (including phenoxy) is 2. The molecule has 0 atom stereocenters. The summed E-state index contributed by atoms with van der Waals surface area (Å²) >= 11 is 0. The maximum Gasteiger partial charge on any atom is 0.522 e. The van der Waals surface area contributed by atoms with Crippen LogP contribution in [0.15, 0.2) is 41.5 Å². The highest BCUT2D eigenvalue weighted by Crippen LogP contribution is 2.04. The molecular formula is C12H14N2O3. The molecular weight excluding hydrogens is 220 g/mol.